The van der Waals surface area contributed by atoms with Crippen LogP contribution in [0, 0.1) is 0 Å². The van der Waals surface area contributed by atoms with Crippen molar-refractivity contribution in [2.24, 2.45) is 5.73 Å². The molecule has 0 bridgehead atoms. The number of benzene rings is 1. The van der Waals surface area contributed by atoms with Gasteiger partial charge >= 0.3 is 0 Å². The second kappa shape index (κ2) is 6.17. The largest absolute Gasteiger partial charge is 0.365 e. The predicted molar refractivity (Wildman–Crippen MR) is 74.7 cm³/mol. The first kappa shape index (κ1) is 14.0. The van der Waals surface area contributed by atoms with Crippen LogP contribution in [0.15, 0.2) is 24.3 Å². The van der Waals surface area contributed by atoms with Crippen molar-refractivity contribution in [1.82, 2.24) is 4.90 Å². The van der Waals surface area contributed by atoms with Gasteiger partial charge in [-0.05, 0) is 17.0 Å². The molecule has 4 nitrogen and oxygen atoms in total. The van der Waals surface area contributed by atoms with Crippen LogP contribution in [0.4, 0.5) is 0 Å². The van der Waals surface area contributed by atoms with Crippen LogP contribution < -0.4 is 5.73 Å². The Hall–Kier alpha value is -1.39. The summed E-state index contributed by atoms with van der Waals surface area (Å²) in [6.07, 6.45) is -0.0346. The molecule has 1 aromatic carbocycles. The van der Waals surface area contributed by atoms with E-state index in [2.05, 4.69) is 38.1 Å². The third kappa shape index (κ3) is 3.55. The highest BCUT2D eigenvalue weighted by atomic mass is 16.5. The van der Waals surface area contributed by atoms with E-state index in [1.165, 1.54) is 5.56 Å². The van der Waals surface area contributed by atoms with Crippen molar-refractivity contribution in [2.75, 3.05) is 19.7 Å². The molecule has 4 heteroatoms. The number of carbonyl (C=O) groups excluding carboxylic acids is 1. The summed E-state index contributed by atoms with van der Waals surface area (Å²) < 4.78 is 5.34. The van der Waals surface area contributed by atoms with E-state index >= 15 is 0 Å². The monoisotopic (exact) mass is 262 g/mol. The van der Waals surface area contributed by atoms with Crippen molar-refractivity contribution in [3.63, 3.8) is 0 Å². The molecule has 1 atom stereocenters. The van der Waals surface area contributed by atoms with Gasteiger partial charge in [0.05, 0.1) is 6.10 Å². The summed E-state index contributed by atoms with van der Waals surface area (Å²) in [6.45, 7) is 6.17. The number of nitrogens with two attached hydrogens (primary N) is 1. The molecule has 19 heavy (non-hydrogen) atoms. The number of rotatable bonds is 4. The van der Waals surface area contributed by atoms with E-state index in [0.717, 1.165) is 5.56 Å². The normalized spacial score (nSPS) is 20.1. The van der Waals surface area contributed by atoms with Crippen molar-refractivity contribution in [3.05, 3.63) is 35.4 Å². The first-order valence-corrected chi connectivity index (χ1v) is 6.78. The second-order valence-electron chi connectivity index (χ2n) is 5.34. The Bertz CT molecular complexity index is 428. The highest BCUT2D eigenvalue weighted by Crippen LogP contribution is 2.16. The number of nitrogens with zero attached hydrogens (tertiary/aromatic N) is 1. The summed E-state index contributed by atoms with van der Waals surface area (Å²) in [6, 6.07) is 8.45. The Balaban J connectivity index is 2.01. The highest BCUT2D eigenvalue weighted by molar-refractivity contribution is 5.78. The standard InChI is InChI=1S/C15H22N2O2/c1-11(2)13-5-3-12(4-6-13)8-17-9-14(7-16)19-10-15(17)18/h3-6,11,14H,7-10,16H2,1-2H3. The first-order valence-electron chi connectivity index (χ1n) is 6.78. The zero-order chi connectivity index (χ0) is 13.8. The molecule has 0 radical (unpaired) electrons. The zero-order valence-electron chi connectivity index (χ0n) is 11.6. The van der Waals surface area contributed by atoms with Gasteiger partial charge in [0.1, 0.15) is 6.61 Å². The molecule has 0 saturated carbocycles. The van der Waals surface area contributed by atoms with Crippen molar-refractivity contribution in [1.29, 1.82) is 0 Å². The minimum atomic E-state index is -0.0346. The van der Waals surface area contributed by atoms with Crippen LogP contribution in [0.3, 0.4) is 0 Å². The second-order valence-corrected chi connectivity index (χ2v) is 5.34. The average Bonchev–Trinajstić information content (AvgIpc) is 2.42. The molecule has 1 saturated heterocycles. The fraction of sp³-hybridized carbons (Fsp3) is 0.533. The number of amides is 1. The molecule has 1 amide bonds. The van der Waals surface area contributed by atoms with Gasteiger partial charge in [-0.15, -0.1) is 0 Å². The quantitative estimate of drug-likeness (QED) is 0.894. The number of hydrogen-bond donors (Lipinski definition) is 1. The van der Waals surface area contributed by atoms with Gasteiger partial charge in [0, 0.05) is 19.6 Å². The SMILES string of the molecule is CC(C)c1ccc(CN2CC(CN)OCC2=O)cc1. The molecule has 1 aromatic rings. The van der Waals surface area contributed by atoms with Crippen LogP contribution in [0.1, 0.15) is 30.9 Å². The summed E-state index contributed by atoms with van der Waals surface area (Å²) >= 11 is 0. The molecule has 1 unspecified atom stereocenters. The molecule has 1 aliphatic heterocycles. The van der Waals surface area contributed by atoms with Gasteiger partial charge in [-0.2, -0.15) is 0 Å². The van der Waals surface area contributed by atoms with Crippen molar-refractivity contribution >= 4 is 5.91 Å². The molecule has 1 aliphatic rings. The minimum absolute atomic E-state index is 0.0346. The maximum Gasteiger partial charge on any atom is 0.248 e. The predicted octanol–water partition coefficient (Wildman–Crippen LogP) is 1.50. The summed E-state index contributed by atoms with van der Waals surface area (Å²) in [7, 11) is 0. The fourth-order valence-electron chi connectivity index (χ4n) is 2.20. The van der Waals surface area contributed by atoms with E-state index in [4.69, 9.17) is 10.5 Å². The Morgan fingerprint density at radius 1 is 1.37 bits per heavy atom. The van der Waals surface area contributed by atoms with Gasteiger partial charge in [-0.25, -0.2) is 0 Å². The van der Waals surface area contributed by atoms with Crippen LogP contribution in [0.5, 0.6) is 0 Å². The third-order valence-corrected chi connectivity index (χ3v) is 3.50. The van der Waals surface area contributed by atoms with Crippen molar-refractivity contribution in [3.8, 4) is 0 Å². The molecule has 104 valence electrons. The van der Waals surface area contributed by atoms with E-state index in [-0.39, 0.29) is 18.6 Å². The van der Waals surface area contributed by atoms with E-state index in [0.29, 0.717) is 25.6 Å². The molecular weight excluding hydrogens is 240 g/mol. The Morgan fingerprint density at radius 2 is 2.05 bits per heavy atom. The summed E-state index contributed by atoms with van der Waals surface area (Å²) in [4.78, 5) is 13.6. The molecule has 0 spiro atoms. The lowest BCUT2D eigenvalue weighted by molar-refractivity contribution is -0.149. The summed E-state index contributed by atoms with van der Waals surface area (Å²) in [5, 5.41) is 0. The number of morpholine rings is 1. The summed E-state index contributed by atoms with van der Waals surface area (Å²) in [5.74, 6) is 0.568. The van der Waals surface area contributed by atoms with Crippen molar-refractivity contribution in [2.45, 2.75) is 32.4 Å². The third-order valence-electron chi connectivity index (χ3n) is 3.50. The van der Waals surface area contributed by atoms with Gasteiger partial charge in [0.15, 0.2) is 0 Å². The van der Waals surface area contributed by atoms with Gasteiger partial charge in [-0.1, -0.05) is 38.1 Å². The van der Waals surface area contributed by atoms with E-state index < -0.39 is 0 Å². The lowest BCUT2D eigenvalue weighted by Gasteiger charge is -2.32. The highest BCUT2D eigenvalue weighted by Gasteiger charge is 2.25. The first-order chi connectivity index (χ1) is 9.10. The number of ether oxygens (including phenoxy) is 1. The van der Waals surface area contributed by atoms with Crippen molar-refractivity contribution < 1.29 is 9.53 Å². The van der Waals surface area contributed by atoms with E-state index in [1.54, 1.807) is 0 Å². The van der Waals surface area contributed by atoms with Crippen LogP contribution in [-0.4, -0.2) is 36.6 Å². The van der Waals surface area contributed by atoms with Gasteiger partial charge in [-0.3, -0.25) is 4.79 Å². The molecule has 1 fully saturated rings. The lowest BCUT2D eigenvalue weighted by Crippen LogP contribution is -2.48. The molecular formula is C15H22N2O2. The fourth-order valence-corrected chi connectivity index (χ4v) is 2.20. The Kier molecular flexibility index (Phi) is 4.56. The van der Waals surface area contributed by atoms with Gasteiger partial charge in [0.2, 0.25) is 5.91 Å². The van der Waals surface area contributed by atoms with E-state index in [1.807, 2.05) is 4.90 Å². The Labute approximate surface area is 114 Å². The average molecular weight is 262 g/mol. The summed E-state index contributed by atoms with van der Waals surface area (Å²) in [5.41, 5.74) is 8.06. The maximum atomic E-state index is 11.8. The lowest BCUT2D eigenvalue weighted by atomic mass is 10.0. The Morgan fingerprint density at radius 3 is 2.63 bits per heavy atom. The smallest absolute Gasteiger partial charge is 0.248 e. The molecule has 2 N–H and O–H groups in total. The minimum Gasteiger partial charge on any atom is -0.365 e. The van der Waals surface area contributed by atoms with Crippen LogP contribution in [0.2, 0.25) is 0 Å². The molecule has 1 heterocycles. The topological polar surface area (TPSA) is 55.6 Å². The number of carbonyl (C=O) groups is 1. The zero-order valence-corrected chi connectivity index (χ0v) is 11.6. The van der Waals surface area contributed by atoms with E-state index in [9.17, 15) is 4.79 Å². The molecule has 2 rings (SSSR count). The van der Waals surface area contributed by atoms with Crippen LogP contribution >= 0.6 is 0 Å². The maximum absolute atomic E-state index is 11.8. The van der Waals surface area contributed by atoms with Gasteiger partial charge < -0.3 is 15.4 Å². The molecule has 0 aliphatic carbocycles. The molecule has 0 aromatic heterocycles. The van der Waals surface area contributed by atoms with Gasteiger partial charge in [0.25, 0.3) is 0 Å². The van der Waals surface area contributed by atoms with Crippen LogP contribution in [-0.2, 0) is 16.1 Å². The number of hydrogen-bond acceptors (Lipinski definition) is 3. The van der Waals surface area contributed by atoms with Crippen LogP contribution in [0.25, 0.3) is 0 Å².